The van der Waals surface area contributed by atoms with Crippen LogP contribution in [0.1, 0.15) is 22.3 Å². The second-order valence-electron chi connectivity index (χ2n) is 2.90. The maximum atomic E-state index is 11.3. The quantitative estimate of drug-likeness (QED) is 0.434. The Morgan fingerprint density at radius 3 is 2.94 bits per heavy atom. The van der Waals surface area contributed by atoms with E-state index in [0.29, 0.717) is 5.56 Å². The molecule has 0 fully saturated rings. The second kappa shape index (κ2) is 5.43. The summed E-state index contributed by atoms with van der Waals surface area (Å²) in [7, 11) is 1.29. The highest BCUT2D eigenvalue weighted by Gasteiger charge is 2.11. The van der Waals surface area contributed by atoms with E-state index in [1.165, 1.54) is 7.11 Å². The van der Waals surface area contributed by atoms with Gasteiger partial charge in [-0.25, -0.2) is 4.79 Å². The number of methoxy groups -OCH3 is 1. The lowest BCUT2D eigenvalue weighted by Crippen LogP contribution is -2.06. The number of hydrogen-bond donors (Lipinski definition) is 1. The van der Waals surface area contributed by atoms with Crippen LogP contribution < -0.4 is 5.73 Å². The first-order valence-corrected chi connectivity index (χ1v) is 4.53. The van der Waals surface area contributed by atoms with Crippen molar-refractivity contribution in [2.45, 2.75) is 6.42 Å². The molecule has 1 aromatic carbocycles. The molecule has 16 heavy (non-hydrogen) atoms. The molecule has 0 aliphatic carbocycles. The molecule has 2 N–H and O–H groups in total. The Morgan fingerprint density at radius 2 is 2.31 bits per heavy atom. The molecule has 0 unspecified atom stereocenters. The van der Waals surface area contributed by atoms with Gasteiger partial charge in [-0.15, -0.1) is 0 Å². The number of nitrogen functional groups attached to an aromatic ring is 1. The summed E-state index contributed by atoms with van der Waals surface area (Å²) in [4.78, 5) is 11.3. The number of para-hydroxylation sites is 1. The molecule has 1 rings (SSSR count). The minimum absolute atomic E-state index is 0.127. The molecule has 1 aromatic rings. The predicted octanol–water partition coefficient (Wildman–Crippen LogP) is 1.32. The van der Waals surface area contributed by atoms with Gasteiger partial charge in [0.2, 0.25) is 0 Å². The zero-order valence-electron chi connectivity index (χ0n) is 8.78. The summed E-state index contributed by atoms with van der Waals surface area (Å²) in [6.07, 6.45) is 0.127. The van der Waals surface area contributed by atoms with Crippen molar-refractivity contribution in [2.75, 3.05) is 12.8 Å². The third-order valence-electron chi connectivity index (χ3n) is 1.90. The van der Waals surface area contributed by atoms with Crippen molar-refractivity contribution in [1.82, 2.24) is 0 Å². The van der Waals surface area contributed by atoms with Gasteiger partial charge in [0.15, 0.2) is 0 Å². The van der Waals surface area contributed by atoms with E-state index in [9.17, 15) is 4.79 Å². The number of hydrogen-bond acceptors (Lipinski definition) is 4. The smallest absolute Gasteiger partial charge is 0.339 e. The molecule has 0 bridgehead atoms. The molecule has 0 heterocycles. The van der Waals surface area contributed by atoms with Gasteiger partial charge in [-0.2, -0.15) is 5.26 Å². The Balaban J connectivity index is 3.11. The van der Waals surface area contributed by atoms with Crippen molar-refractivity contribution in [3.63, 3.8) is 0 Å². The van der Waals surface area contributed by atoms with Crippen LogP contribution in [-0.4, -0.2) is 13.1 Å². The highest BCUT2D eigenvalue weighted by molar-refractivity contribution is 5.96. The molecule has 0 aromatic heterocycles. The average Bonchev–Trinajstić information content (AvgIpc) is 2.30. The Morgan fingerprint density at radius 1 is 1.56 bits per heavy atom. The van der Waals surface area contributed by atoms with Gasteiger partial charge in [0.05, 0.1) is 30.9 Å². The van der Waals surface area contributed by atoms with Gasteiger partial charge in [0.25, 0.3) is 0 Å². The van der Waals surface area contributed by atoms with Crippen molar-refractivity contribution in [3.8, 4) is 17.9 Å². The van der Waals surface area contributed by atoms with Gasteiger partial charge >= 0.3 is 5.97 Å². The van der Waals surface area contributed by atoms with Gasteiger partial charge < -0.3 is 10.5 Å². The minimum atomic E-state index is -0.499. The summed E-state index contributed by atoms with van der Waals surface area (Å²) in [5, 5.41) is 8.34. The van der Waals surface area contributed by atoms with Crippen molar-refractivity contribution < 1.29 is 9.53 Å². The van der Waals surface area contributed by atoms with Gasteiger partial charge in [0.1, 0.15) is 0 Å². The molecule has 80 valence electrons. The average molecular weight is 214 g/mol. The zero-order chi connectivity index (χ0) is 12.0. The van der Waals surface area contributed by atoms with Crippen LogP contribution in [0.25, 0.3) is 0 Å². The molecular formula is C12H10N2O2. The van der Waals surface area contributed by atoms with Crippen LogP contribution in [0.3, 0.4) is 0 Å². The maximum absolute atomic E-state index is 11.3. The standard InChI is InChI=1S/C12H10N2O2/c1-16-12(15)10-7-4-6-9(11(10)14)5-2-3-8-13/h4,6-7H,3,14H2,1H3. The number of ether oxygens (including phenoxy) is 1. The fraction of sp³-hybridized carbons (Fsp3) is 0.167. The van der Waals surface area contributed by atoms with Crippen LogP contribution in [0, 0.1) is 23.2 Å². The van der Waals surface area contributed by atoms with Crippen LogP contribution in [0.4, 0.5) is 5.69 Å². The van der Waals surface area contributed by atoms with E-state index in [1.54, 1.807) is 18.2 Å². The largest absolute Gasteiger partial charge is 0.465 e. The number of rotatable bonds is 1. The molecule has 0 saturated heterocycles. The summed E-state index contributed by atoms with van der Waals surface area (Å²) in [6.45, 7) is 0. The van der Waals surface area contributed by atoms with E-state index in [0.717, 1.165) is 0 Å². The van der Waals surface area contributed by atoms with Crippen molar-refractivity contribution in [3.05, 3.63) is 29.3 Å². The first-order chi connectivity index (χ1) is 7.70. The zero-order valence-corrected chi connectivity index (χ0v) is 8.78. The van der Waals surface area contributed by atoms with Gasteiger partial charge in [-0.1, -0.05) is 17.9 Å². The Kier molecular flexibility index (Phi) is 3.94. The number of carbonyl (C=O) groups is 1. The SMILES string of the molecule is COC(=O)c1cccc(C#CCC#N)c1N. The summed E-state index contributed by atoms with van der Waals surface area (Å²) in [5.41, 5.74) is 6.84. The first-order valence-electron chi connectivity index (χ1n) is 4.53. The van der Waals surface area contributed by atoms with Crippen molar-refractivity contribution in [2.24, 2.45) is 0 Å². The molecule has 0 spiro atoms. The minimum Gasteiger partial charge on any atom is -0.465 e. The molecule has 0 aliphatic rings. The van der Waals surface area contributed by atoms with E-state index in [1.807, 2.05) is 6.07 Å². The topological polar surface area (TPSA) is 76.1 Å². The summed E-state index contributed by atoms with van der Waals surface area (Å²) in [5.74, 6) is 4.86. The number of nitrogens with two attached hydrogens (primary N) is 1. The molecule has 0 radical (unpaired) electrons. The normalized spacial score (nSPS) is 8.50. The number of carbonyl (C=O) groups excluding carboxylic acids is 1. The fourth-order valence-corrected chi connectivity index (χ4v) is 1.14. The Hall–Kier alpha value is -2.46. The first kappa shape index (κ1) is 11.6. The lowest BCUT2D eigenvalue weighted by molar-refractivity contribution is 0.0602. The highest BCUT2D eigenvalue weighted by atomic mass is 16.5. The molecule has 0 saturated carbocycles. The van der Waals surface area contributed by atoms with E-state index in [-0.39, 0.29) is 17.7 Å². The number of anilines is 1. The van der Waals surface area contributed by atoms with Gasteiger partial charge in [-0.05, 0) is 12.1 Å². The molecule has 4 heteroatoms. The molecule has 0 amide bonds. The number of nitriles is 1. The van der Waals surface area contributed by atoms with E-state index in [4.69, 9.17) is 11.0 Å². The van der Waals surface area contributed by atoms with E-state index >= 15 is 0 Å². The summed E-state index contributed by atoms with van der Waals surface area (Å²) < 4.78 is 4.58. The molecule has 0 atom stereocenters. The van der Waals surface area contributed by atoms with Crippen molar-refractivity contribution >= 4 is 11.7 Å². The number of nitrogens with zero attached hydrogens (tertiary/aromatic N) is 1. The second-order valence-corrected chi connectivity index (χ2v) is 2.90. The third-order valence-corrected chi connectivity index (χ3v) is 1.90. The van der Waals surface area contributed by atoms with Crippen LogP contribution >= 0.6 is 0 Å². The van der Waals surface area contributed by atoms with E-state index in [2.05, 4.69) is 16.6 Å². The van der Waals surface area contributed by atoms with Gasteiger partial charge in [0, 0.05) is 5.56 Å². The van der Waals surface area contributed by atoms with Crippen LogP contribution in [0.2, 0.25) is 0 Å². The third kappa shape index (κ3) is 2.52. The highest BCUT2D eigenvalue weighted by Crippen LogP contribution is 2.17. The molecule has 0 aliphatic heterocycles. The fourth-order valence-electron chi connectivity index (χ4n) is 1.14. The lowest BCUT2D eigenvalue weighted by atomic mass is 10.1. The number of esters is 1. The van der Waals surface area contributed by atoms with Crippen LogP contribution in [0.15, 0.2) is 18.2 Å². The van der Waals surface area contributed by atoms with Gasteiger partial charge in [-0.3, -0.25) is 0 Å². The monoisotopic (exact) mass is 214 g/mol. The van der Waals surface area contributed by atoms with E-state index < -0.39 is 5.97 Å². The van der Waals surface area contributed by atoms with Crippen LogP contribution in [0.5, 0.6) is 0 Å². The summed E-state index contributed by atoms with van der Waals surface area (Å²) >= 11 is 0. The maximum Gasteiger partial charge on any atom is 0.339 e. The Labute approximate surface area is 93.6 Å². The Bertz CT molecular complexity index is 504. The van der Waals surface area contributed by atoms with Crippen molar-refractivity contribution in [1.29, 1.82) is 5.26 Å². The molecular weight excluding hydrogens is 204 g/mol. The molecule has 4 nitrogen and oxygen atoms in total. The lowest BCUT2D eigenvalue weighted by Gasteiger charge is -2.04. The van der Waals surface area contributed by atoms with Crippen LogP contribution in [-0.2, 0) is 4.74 Å². The summed E-state index contributed by atoms with van der Waals surface area (Å²) in [6, 6.07) is 6.82. The predicted molar refractivity (Wildman–Crippen MR) is 59.3 cm³/mol. The number of benzene rings is 1.